The second-order valence-electron chi connectivity index (χ2n) is 9.54. The van der Waals surface area contributed by atoms with Crippen LogP contribution in [-0.4, -0.2) is 50.9 Å². The van der Waals surface area contributed by atoms with Gasteiger partial charge in [-0.05, 0) is 80.7 Å². The summed E-state index contributed by atoms with van der Waals surface area (Å²) in [7, 11) is 2.19. The number of carbonyl (C=O) groups is 1. The number of aromatic nitrogens is 4. The Morgan fingerprint density at radius 3 is 2.65 bits per heavy atom. The van der Waals surface area contributed by atoms with E-state index in [4.69, 9.17) is 0 Å². The van der Waals surface area contributed by atoms with Crippen LogP contribution in [0.15, 0.2) is 73.3 Å². The van der Waals surface area contributed by atoms with E-state index in [0.29, 0.717) is 34.5 Å². The molecule has 2 N–H and O–H groups in total. The summed E-state index contributed by atoms with van der Waals surface area (Å²) in [5.41, 5.74) is 5.79. The van der Waals surface area contributed by atoms with Gasteiger partial charge in [0, 0.05) is 42.1 Å². The maximum atomic E-state index is 13.0. The Bertz CT molecular complexity index is 1360. The first kappa shape index (κ1) is 24.5. The fraction of sp³-hybridized carbons (Fsp3) is 0.276. The van der Waals surface area contributed by atoms with Gasteiger partial charge in [-0.15, -0.1) is 0 Å². The minimum absolute atomic E-state index is 0.139. The van der Waals surface area contributed by atoms with Crippen molar-refractivity contribution in [2.75, 3.05) is 30.8 Å². The van der Waals surface area contributed by atoms with E-state index in [0.717, 1.165) is 24.3 Å². The summed E-state index contributed by atoms with van der Waals surface area (Å²) in [5.74, 6) is 0.819. The molecular formula is C29H31N7O. The minimum atomic E-state index is -0.139. The minimum Gasteiger partial charge on any atom is -0.324 e. The number of rotatable bonds is 6. The molecule has 1 amide bonds. The van der Waals surface area contributed by atoms with Gasteiger partial charge in [0.2, 0.25) is 5.95 Å². The zero-order valence-electron chi connectivity index (χ0n) is 21.2. The summed E-state index contributed by atoms with van der Waals surface area (Å²) >= 11 is 0. The van der Waals surface area contributed by atoms with Crippen LogP contribution in [0.1, 0.15) is 46.7 Å². The number of carbonyl (C=O) groups excluding carboxylic acids is 1. The number of nitrogens with one attached hydrogen (secondary N) is 2. The van der Waals surface area contributed by atoms with Gasteiger partial charge in [-0.25, -0.2) is 9.97 Å². The van der Waals surface area contributed by atoms with Crippen molar-refractivity contribution in [1.82, 2.24) is 24.8 Å². The zero-order chi connectivity index (χ0) is 25.6. The van der Waals surface area contributed by atoms with E-state index in [2.05, 4.69) is 54.6 Å². The molecule has 0 saturated carbocycles. The maximum Gasteiger partial charge on any atom is 0.255 e. The lowest BCUT2D eigenvalue weighted by molar-refractivity contribution is 0.102. The van der Waals surface area contributed by atoms with Crippen molar-refractivity contribution >= 4 is 23.2 Å². The molecule has 1 aliphatic rings. The lowest BCUT2D eigenvalue weighted by Crippen LogP contribution is -2.23. The molecule has 0 bridgehead atoms. The molecule has 2 aromatic heterocycles. The first-order valence-corrected chi connectivity index (χ1v) is 12.6. The highest BCUT2D eigenvalue weighted by Crippen LogP contribution is 2.27. The van der Waals surface area contributed by atoms with E-state index >= 15 is 0 Å². The summed E-state index contributed by atoms with van der Waals surface area (Å²) in [5, 5.41) is 6.28. The van der Waals surface area contributed by atoms with Crippen molar-refractivity contribution in [3.63, 3.8) is 0 Å². The molecule has 188 valence electrons. The number of amides is 1. The molecule has 8 nitrogen and oxygen atoms in total. The van der Waals surface area contributed by atoms with E-state index < -0.39 is 0 Å². The summed E-state index contributed by atoms with van der Waals surface area (Å²) in [6, 6.07) is 15.6. The van der Waals surface area contributed by atoms with E-state index in [1.807, 2.05) is 37.3 Å². The van der Waals surface area contributed by atoms with E-state index in [1.54, 1.807) is 30.9 Å². The number of hydrogen-bond acceptors (Lipinski definition) is 7. The molecule has 0 radical (unpaired) electrons. The van der Waals surface area contributed by atoms with Crippen LogP contribution in [0.4, 0.5) is 17.3 Å². The van der Waals surface area contributed by atoms with Crippen LogP contribution >= 0.6 is 0 Å². The number of benzene rings is 2. The Labute approximate surface area is 217 Å². The molecule has 2 aromatic carbocycles. The van der Waals surface area contributed by atoms with Gasteiger partial charge in [0.25, 0.3) is 5.91 Å². The van der Waals surface area contributed by atoms with Crippen LogP contribution in [0, 0.1) is 6.92 Å². The number of anilines is 3. The third kappa shape index (κ3) is 6.16. The molecule has 4 aromatic rings. The Hall–Kier alpha value is -4.17. The van der Waals surface area contributed by atoms with Gasteiger partial charge in [0.1, 0.15) is 5.69 Å². The van der Waals surface area contributed by atoms with E-state index in [9.17, 15) is 4.79 Å². The van der Waals surface area contributed by atoms with Crippen LogP contribution in [-0.2, 0) is 0 Å². The topological polar surface area (TPSA) is 95.9 Å². The largest absolute Gasteiger partial charge is 0.324 e. The van der Waals surface area contributed by atoms with Crippen molar-refractivity contribution in [3.05, 3.63) is 90.0 Å². The van der Waals surface area contributed by atoms with Crippen molar-refractivity contribution in [1.29, 1.82) is 0 Å². The maximum absolute atomic E-state index is 13.0. The summed E-state index contributed by atoms with van der Waals surface area (Å²) in [4.78, 5) is 32.7. The van der Waals surface area contributed by atoms with Gasteiger partial charge in [-0.3, -0.25) is 14.8 Å². The first-order chi connectivity index (χ1) is 18.0. The lowest BCUT2D eigenvalue weighted by Gasteiger charge is -2.20. The van der Waals surface area contributed by atoms with Gasteiger partial charge in [-0.1, -0.05) is 24.6 Å². The predicted octanol–water partition coefficient (Wildman–Crippen LogP) is 5.44. The number of likely N-dealkylation sites (tertiary alicyclic amines) is 1. The van der Waals surface area contributed by atoms with Crippen LogP contribution in [0.5, 0.6) is 0 Å². The summed E-state index contributed by atoms with van der Waals surface area (Å²) in [6.45, 7) is 4.21. The molecule has 1 fully saturated rings. The molecule has 1 aliphatic heterocycles. The zero-order valence-corrected chi connectivity index (χ0v) is 21.2. The molecule has 3 heterocycles. The smallest absolute Gasteiger partial charge is 0.255 e. The Kier molecular flexibility index (Phi) is 7.46. The number of aryl methyl sites for hydroxylation is 1. The third-order valence-corrected chi connectivity index (χ3v) is 6.74. The number of hydrogen-bond donors (Lipinski definition) is 2. The Morgan fingerprint density at radius 2 is 1.84 bits per heavy atom. The molecule has 0 spiro atoms. The fourth-order valence-corrected chi connectivity index (χ4v) is 4.66. The summed E-state index contributed by atoms with van der Waals surface area (Å²) in [6.07, 6.45) is 10.3. The van der Waals surface area contributed by atoms with Crippen LogP contribution < -0.4 is 10.6 Å². The molecular weight excluding hydrogens is 462 g/mol. The van der Waals surface area contributed by atoms with Crippen LogP contribution in [0.3, 0.4) is 0 Å². The highest BCUT2D eigenvalue weighted by molar-refractivity contribution is 6.04. The van der Waals surface area contributed by atoms with E-state index in [-0.39, 0.29) is 5.91 Å². The van der Waals surface area contributed by atoms with Crippen molar-refractivity contribution in [2.45, 2.75) is 32.1 Å². The highest BCUT2D eigenvalue weighted by Gasteiger charge is 2.18. The molecule has 1 unspecified atom stereocenters. The average molecular weight is 494 g/mol. The van der Waals surface area contributed by atoms with Gasteiger partial charge < -0.3 is 15.5 Å². The normalized spacial score (nSPS) is 16.1. The molecule has 1 saturated heterocycles. The second kappa shape index (κ2) is 11.3. The summed E-state index contributed by atoms with van der Waals surface area (Å²) < 4.78 is 0. The fourth-order valence-electron chi connectivity index (χ4n) is 4.66. The average Bonchev–Trinajstić information content (AvgIpc) is 3.15. The number of nitrogens with zero attached hydrogens (tertiary/aromatic N) is 5. The molecule has 37 heavy (non-hydrogen) atoms. The molecule has 0 aliphatic carbocycles. The molecule has 8 heteroatoms. The van der Waals surface area contributed by atoms with Gasteiger partial charge >= 0.3 is 0 Å². The Morgan fingerprint density at radius 1 is 0.973 bits per heavy atom. The van der Waals surface area contributed by atoms with Gasteiger partial charge in [-0.2, -0.15) is 0 Å². The van der Waals surface area contributed by atoms with Crippen molar-refractivity contribution in [2.24, 2.45) is 0 Å². The molecule has 1 atom stereocenters. The van der Waals surface area contributed by atoms with E-state index in [1.165, 1.54) is 24.8 Å². The third-order valence-electron chi connectivity index (χ3n) is 6.74. The standard InChI is InChI=1S/C29H31N7O/c1-20-6-11-24(17-26(20)35-29-32-13-12-25(34-29)27-18-30-14-15-31-27)33-28(37)22-9-7-21(8-10-22)23-5-3-4-16-36(2)19-23/h6-15,17-18,23H,3-5,16,19H2,1-2H3,(H,33,37)(H,32,34,35). The monoisotopic (exact) mass is 493 g/mol. The molecule has 5 rings (SSSR count). The SMILES string of the molecule is Cc1ccc(NC(=O)c2ccc(C3CCCCN(C)C3)cc2)cc1Nc1nccc(-c2cnccn2)n1. The van der Waals surface area contributed by atoms with Crippen LogP contribution in [0.25, 0.3) is 11.4 Å². The quantitative estimate of drug-likeness (QED) is 0.369. The lowest BCUT2D eigenvalue weighted by atomic mass is 9.93. The first-order valence-electron chi connectivity index (χ1n) is 12.6. The van der Waals surface area contributed by atoms with Crippen LogP contribution in [0.2, 0.25) is 0 Å². The Balaban J connectivity index is 1.27. The van der Waals surface area contributed by atoms with Crippen molar-refractivity contribution in [3.8, 4) is 11.4 Å². The van der Waals surface area contributed by atoms with Gasteiger partial charge in [0.15, 0.2) is 0 Å². The predicted molar refractivity (Wildman–Crippen MR) is 146 cm³/mol. The van der Waals surface area contributed by atoms with Gasteiger partial charge in [0.05, 0.1) is 11.9 Å². The second-order valence-corrected chi connectivity index (χ2v) is 9.54. The highest BCUT2D eigenvalue weighted by atomic mass is 16.1. The number of likely N-dealkylation sites (N-methyl/N-ethyl adjacent to an activating group) is 1. The van der Waals surface area contributed by atoms with Crippen molar-refractivity contribution < 1.29 is 4.79 Å².